The summed E-state index contributed by atoms with van der Waals surface area (Å²) in [4.78, 5) is 8.26. The SMILES string of the molecule is CC.Cc1nc2c(o1)=CCCN=2. The molecular weight excluding hydrogens is 152 g/mol. The average Bonchev–Trinajstić information content (AvgIpc) is 2.48. The molecule has 0 saturated heterocycles. The van der Waals surface area contributed by atoms with Gasteiger partial charge in [-0.3, -0.25) is 4.99 Å². The maximum Gasteiger partial charge on any atom is 0.193 e. The van der Waals surface area contributed by atoms with Gasteiger partial charge in [-0.25, -0.2) is 0 Å². The topological polar surface area (TPSA) is 38.4 Å². The average molecular weight is 166 g/mol. The molecule has 0 aliphatic carbocycles. The van der Waals surface area contributed by atoms with Gasteiger partial charge >= 0.3 is 0 Å². The monoisotopic (exact) mass is 166 g/mol. The van der Waals surface area contributed by atoms with E-state index in [1.165, 1.54) is 0 Å². The number of rotatable bonds is 0. The molecule has 0 atom stereocenters. The summed E-state index contributed by atoms with van der Waals surface area (Å²) < 4.78 is 5.25. The minimum absolute atomic E-state index is 0.701. The molecule has 0 spiro atoms. The van der Waals surface area contributed by atoms with Gasteiger partial charge in [-0.2, -0.15) is 4.98 Å². The zero-order chi connectivity index (χ0) is 8.97. The van der Waals surface area contributed by atoms with E-state index in [1.54, 1.807) is 0 Å². The largest absolute Gasteiger partial charge is 0.440 e. The normalized spacial score (nSPS) is 13.2. The van der Waals surface area contributed by atoms with Gasteiger partial charge in [0.2, 0.25) is 0 Å². The van der Waals surface area contributed by atoms with Gasteiger partial charge in [0.05, 0.1) is 0 Å². The fourth-order valence-corrected chi connectivity index (χ4v) is 1.04. The van der Waals surface area contributed by atoms with E-state index in [9.17, 15) is 0 Å². The summed E-state index contributed by atoms with van der Waals surface area (Å²) in [6.07, 6.45) is 3.00. The van der Waals surface area contributed by atoms with E-state index in [-0.39, 0.29) is 0 Å². The highest BCUT2D eigenvalue weighted by Crippen LogP contribution is 1.87. The van der Waals surface area contributed by atoms with Crippen LogP contribution in [0.2, 0.25) is 0 Å². The highest BCUT2D eigenvalue weighted by Gasteiger charge is 1.99. The van der Waals surface area contributed by atoms with Crippen LogP contribution in [0.25, 0.3) is 6.08 Å². The van der Waals surface area contributed by atoms with Crippen molar-refractivity contribution in [2.24, 2.45) is 4.99 Å². The van der Waals surface area contributed by atoms with Crippen LogP contribution in [0.15, 0.2) is 9.41 Å². The maximum atomic E-state index is 5.25. The van der Waals surface area contributed by atoms with E-state index < -0.39 is 0 Å². The third-order valence-electron chi connectivity index (χ3n) is 1.46. The van der Waals surface area contributed by atoms with Crippen LogP contribution in [0.3, 0.4) is 0 Å². The molecule has 0 amide bonds. The van der Waals surface area contributed by atoms with Crippen LogP contribution in [-0.2, 0) is 0 Å². The molecule has 1 aliphatic rings. The third-order valence-corrected chi connectivity index (χ3v) is 1.46. The lowest BCUT2D eigenvalue weighted by atomic mass is 10.3. The van der Waals surface area contributed by atoms with Gasteiger partial charge < -0.3 is 4.42 Å². The summed E-state index contributed by atoms with van der Waals surface area (Å²) in [6.45, 7) is 6.68. The maximum absolute atomic E-state index is 5.25. The Balaban J connectivity index is 0.000000336. The minimum Gasteiger partial charge on any atom is -0.440 e. The molecule has 1 aliphatic heterocycles. The van der Waals surface area contributed by atoms with Crippen LogP contribution in [0.1, 0.15) is 26.2 Å². The van der Waals surface area contributed by atoms with E-state index in [2.05, 4.69) is 9.98 Å². The van der Waals surface area contributed by atoms with Crippen molar-refractivity contribution in [3.05, 3.63) is 16.8 Å². The molecule has 2 rings (SSSR count). The van der Waals surface area contributed by atoms with Crippen LogP contribution in [-0.4, -0.2) is 11.5 Å². The second-order valence-corrected chi connectivity index (χ2v) is 2.30. The van der Waals surface area contributed by atoms with Crippen molar-refractivity contribution < 1.29 is 4.42 Å². The van der Waals surface area contributed by atoms with Gasteiger partial charge in [-0.15, -0.1) is 0 Å². The van der Waals surface area contributed by atoms with Crippen molar-refractivity contribution in [1.82, 2.24) is 4.98 Å². The van der Waals surface area contributed by atoms with Gasteiger partial charge in [0.15, 0.2) is 16.8 Å². The van der Waals surface area contributed by atoms with E-state index in [4.69, 9.17) is 4.42 Å². The summed E-state index contributed by atoms with van der Waals surface area (Å²) >= 11 is 0. The Kier molecular flexibility index (Phi) is 3.02. The van der Waals surface area contributed by atoms with Crippen LogP contribution >= 0.6 is 0 Å². The molecule has 3 nitrogen and oxygen atoms in total. The number of aromatic nitrogens is 1. The summed E-state index contributed by atoms with van der Waals surface area (Å²) in [5, 5.41) is 0. The molecule has 0 radical (unpaired) electrons. The van der Waals surface area contributed by atoms with Gasteiger partial charge in [0.1, 0.15) is 0 Å². The Hall–Kier alpha value is -1.12. The van der Waals surface area contributed by atoms with Crippen LogP contribution in [0.5, 0.6) is 0 Å². The summed E-state index contributed by atoms with van der Waals surface area (Å²) in [7, 11) is 0. The molecule has 1 aromatic rings. The molecule has 0 fully saturated rings. The van der Waals surface area contributed by atoms with Crippen molar-refractivity contribution >= 4 is 6.08 Å². The number of fused-ring (bicyclic) bond motifs is 1. The Morgan fingerprint density at radius 3 is 2.83 bits per heavy atom. The molecule has 1 aromatic heterocycles. The van der Waals surface area contributed by atoms with Gasteiger partial charge in [0.25, 0.3) is 0 Å². The number of nitrogens with zero attached hydrogens (tertiary/aromatic N) is 2. The van der Waals surface area contributed by atoms with Crippen molar-refractivity contribution in [1.29, 1.82) is 0 Å². The van der Waals surface area contributed by atoms with Gasteiger partial charge in [0, 0.05) is 13.5 Å². The first kappa shape index (κ1) is 8.97. The number of oxazole rings is 1. The zero-order valence-corrected chi connectivity index (χ0v) is 7.79. The molecule has 66 valence electrons. The molecule has 0 aromatic carbocycles. The van der Waals surface area contributed by atoms with Gasteiger partial charge in [-0.05, 0) is 12.5 Å². The van der Waals surface area contributed by atoms with Crippen molar-refractivity contribution in [3.8, 4) is 0 Å². The van der Waals surface area contributed by atoms with E-state index >= 15 is 0 Å². The second kappa shape index (κ2) is 4.04. The lowest BCUT2D eigenvalue weighted by molar-refractivity contribution is 0.488. The number of hydrogen-bond acceptors (Lipinski definition) is 3. The Morgan fingerprint density at radius 2 is 2.17 bits per heavy atom. The molecular formula is C9H14N2O. The number of aryl methyl sites for hydroxylation is 1. The summed E-state index contributed by atoms with van der Waals surface area (Å²) in [6, 6.07) is 0. The quantitative estimate of drug-likeness (QED) is 0.572. The van der Waals surface area contributed by atoms with E-state index in [0.717, 1.165) is 23.9 Å². The molecule has 0 saturated carbocycles. The lowest BCUT2D eigenvalue weighted by Crippen LogP contribution is -2.25. The molecule has 0 unspecified atom stereocenters. The highest BCUT2D eigenvalue weighted by atomic mass is 16.3. The van der Waals surface area contributed by atoms with Crippen molar-refractivity contribution in [2.75, 3.05) is 6.54 Å². The molecule has 0 bridgehead atoms. The number of hydrogen-bond donors (Lipinski definition) is 0. The highest BCUT2D eigenvalue weighted by molar-refractivity contribution is 5.17. The standard InChI is InChI=1S/C7H8N2O.C2H6/c1-5-9-7-6(10-5)3-2-4-8-7;1-2/h3H,2,4H2,1H3;1-2H3. The fourth-order valence-electron chi connectivity index (χ4n) is 1.04. The van der Waals surface area contributed by atoms with Crippen LogP contribution < -0.4 is 10.9 Å². The Labute approximate surface area is 71.8 Å². The van der Waals surface area contributed by atoms with Crippen molar-refractivity contribution in [3.63, 3.8) is 0 Å². The smallest absolute Gasteiger partial charge is 0.193 e. The molecule has 12 heavy (non-hydrogen) atoms. The minimum atomic E-state index is 0.701. The Morgan fingerprint density at radius 1 is 1.42 bits per heavy atom. The zero-order valence-electron chi connectivity index (χ0n) is 7.79. The molecule has 3 heteroatoms. The van der Waals surface area contributed by atoms with E-state index in [0.29, 0.717) is 5.89 Å². The third kappa shape index (κ3) is 1.72. The predicted molar refractivity (Wildman–Crippen MR) is 47.3 cm³/mol. The summed E-state index contributed by atoms with van der Waals surface area (Å²) in [5.74, 6) is 0.701. The summed E-state index contributed by atoms with van der Waals surface area (Å²) in [5.41, 5.74) is 1.60. The van der Waals surface area contributed by atoms with Crippen molar-refractivity contribution in [2.45, 2.75) is 27.2 Å². The van der Waals surface area contributed by atoms with Crippen LogP contribution in [0.4, 0.5) is 0 Å². The fraction of sp³-hybridized carbons (Fsp3) is 0.556. The first-order valence-electron chi connectivity index (χ1n) is 4.34. The lowest BCUT2D eigenvalue weighted by Gasteiger charge is -1.88. The Bertz CT molecular complexity index is 318. The predicted octanol–water partition coefficient (Wildman–Crippen LogP) is 0.813. The first-order chi connectivity index (χ1) is 5.86. The van der Waals surface area contributed by atoms with Gasteiger partial charge in [-0.1, -0.05) is 13.8 Å². The molecule has 2 heterocycles. The first-order valence-corrected chi connectivity index (χ1v) is 4.34. The van der Waals surface area contributed by atoms with E-state index in [1.807, 2.05) is 26.8 Å². The second-order valence-electron chi connectivity index (χ2n) is 2.30. The molecule has 0 N–H and O–H groups in total. The van der Waals surface area contributed by atoms with Crippen LogP contribution in [0, 0.1) is 6.92 Å².